The number of nitrogens with zero attached hydrogens (tertiary/aromatic N) is 2. The Bertz CT molecular complexity index is 886. The lowest BCUT2D eigenvalue weighted by Gasteiger charge is -2.32. The van der Waals surface area contributed by atoms with Crippen LogP contribution in [0.2, 0.25) is 0 Å². The van der Waals surface area contributed by atoms with E-state index in [1.54, 1.807) is 0 Å². The van der Waals surface area contributed by atoms with Crippen molar-refractivity contribution in [3.8, 4) is 5.75 Å². The SMILES string of the molecule is O=C(c1ccc(F)cc1)N1CCC(COc2ccccc2C(=O)N2CCCC2)CC1. The summed E-state index contributed by atoms with van der Waals surface area (Å²) < 4.78 is 19.1. The molecule has 158 valence electrons. The molecule has 0 radical (unpaired) electrons. The number of para-hydroxylation sites is 1. The van der Waals surface area contributed by atoms with E-state index in [4.69, 9.17) is 4.74 Å². The minimum atomic E-state index is -0.342. The lowest BCUT2D eigenvalue weighted by molar-refractivity contribution is 0.0657. The number of carbonyl (C=O) groups is 2. The Hall–Kier alpha value is -2.89. The Kier molecular flexibility index (Phi) is 6.31. The molecule has 2 aliphatic rings. The molecule has 2 fully saturated rings. The van der Waals surface area contributed by atoms with Gasteiger partial charge in [0.1, 0.15) is 11.6 Å². The van der Waals surface area contributed by atoms with Crippen LogP contribution >= 0.6 is 0 Å². The molecule has 2 aliphatic heterocycles. The second-order valence-electron chi connectivity index (χ2n) is 8.05. The number of hydrogen-bond donors (Lipinski definition) is 0. The van der Waals surface area contributed by atoms with Crippen LogP contribution in [0, 0.1) is 11.7 Å². The number of piperidine rings is 1. The van der Waals surface area contributed by atoms with Crippen LogP contribution < -0.4 is 4.74 Å². The minimum absolute atomic E-state index is 0.0443. The maximum Gasteiger partial charge on any atom is 0.257 e. The van der Waals surface area contributed by atoms with E-state index in [1.165, 1.54) is 24.3 Å². The summed E-state index contributed by atoms with van der Waals surface area (Å²) in [5, 5.41) is 0. The van der Waals surface area contributed by atoms with Crippen molar-refractivity contribution in [2.24, 2.45) is 5.92 Å². The van der Waals surface area contributed by atoms with Crippen molar-refractivity contribution >= 4 is 11.8 Å². The molecule has 2 aromatic rings. The fourth-order valence-corrected chi connectivity index (χ4v) is 4.15. The first-order chi connectivity index (χ1) is 14.6. The standard InChI is InChI=1S/C24H27FN2O3/c25-20-9-7-19(8-10-20)23(28)27-15-11-18(12-16-27)17-30-22-6-2-1-5-21(22)24(29)26-13-3-4-14-26/h1-2,5-10,18H,3-4,11-17H2. The van der Waals surface area contributed by atoms with Gasteiger partial charge in [-0.1, -0.05) is 12.1 Å². The van der Waals surface area contributed by atoms with Gasteiger partial charge in [0.2, 0.25) is 0 Å². The van der Waals surface area contributed by atoms with Crippen molar-refractivity contribution in [2.45, 2.75) is 25.7 Å². The van der Waals surface area contributed by atoms with Gasteiger partial charge in [-0.3, -0.25) is 9.59 Å². The molecule has 2 heterocycles. The van der Waals surface area contributed by atoms with E-state index in [2.05, 4.69) is 0 Å². The van der Waals surface area contributed by atoms with Crippen molar-refractivity contribution in [1.82, 2.24) is 9.80 Å². The number of amides is 2. The molecular formula is C24H27FN2O3. The molecule has 0 aromatic heterocycles. The lowest BCUT2D eigenvalue weighted by atomic mass is 9.97. The van der Waals surface area contributed by atoms with E-state index in [-0.39, 0.29) is 17.6 Å². The topological polar surface area (TPSA) is 49.9 Å². The number of rotatable bonds is 5. The summed E-state index contributed by atoms with van der Waals surface area (Å²) in [6.45, 7) is 3.46. The minimum Gasteiger partial charge on any atom is -0.492 e. The first kappa shape index (κ1) is 20.4. The Morgan fingerprint density at radius 1 is 0.867 bits per heavy atom. The summed E-state index contributed by atoms with van der Waals surface area (Å²) in [6, 6.07) is 13.1. The van der Waals surface area contributed by atoms with Crippen LogP contribution in [0.1, 0.15) is 46.4 Å². The number of hydrogen-bond acceptors (Lipinski definition) is 3. The third kappa shape index (κ3) is 4.64. The Morgan fingerprint density at radius 2 is 1.50 bits per heavy atom. The van der Waals surface area contributed by atoms with E-state index in [9.17, 15) is 14.0 Å². The number of benzene rings is 2. The van der Waals surface area contributed by atoms with Gasteiger partial charge < -0.3 is 14.5 Å². The molecule has 2 aromatic carbocycles. The van der Waals surface area contributed by atoms with Crippen LogP contribution in [-0.2, 0) is 0 Å². The molecular weight excluding hydrogens is 383 g/mol. The second-order valence-corrected chi connectivity index (χ2v) is 8.05. The molecule has 0 atom stereocenters. The molecule has 0 unspecified atom stereocenters. The molecule has 30 heavy (non-hydrogen) atoms. The summed E-state index contributed by atoms with van der Waals surface area (Å²) in [4.78, 5) is 29.0. The number of halogens is 1. The molecule has 2 saturated heterocycles. The van der Waals surface area contributed by atoms with E-state index < -0.39 is 0 Å². The Labute approximate surface area is 176 Å². The highest BCUT2D eigenvalue weighted by Gasteiger charge is 2.26. The average molecular weight is 410 g/mol. The third-order valence-electron chi connectivity index (χ3n) is 5.98. The molecule has 0 bridgehead atoms. The summed E-state index contributed by atoms with van der Waals surface area (Å²) in [5.41, 5.74) is 1.14. The predicted molar refractivity (Wildman–Crippen MR) is 112 cm³/mol. The highest BCUT2D eigenvalue weighted by Crippen LogP contribution is 2.25. The van der Waals surface area contributed by atoms with Crippen LogP contribution in [0.15, 0.2) is 48.5 Å². The van der Waals surface area contributed by atoms with Gasteiger partial charge in [-0.05, 0) is 68.0 Å². The normalized spacial score (nSPS) is 17.2. The average Bonchev–Trinajstić information content (AvgIpc) is 3.33. The van der Waals surface area contributed by atoms with E-state index >= 15 is 0 Å². The fraction of sp³-hybridized carbons (Fsp3) is 0.417. The van der Waals surface area contributed by atoms with Gasteiger partial charge in [0.25, 0.3) is 11.8 Å². The predicted octanol–water partition coefficient (Wildman–Crippen LogP) is 3.99. The van der Waals surface area contributed by atoms with Crippen molar-refractivity contribution in [3.05, 3.63) is 65.5 Å². The van der Waals surface area contributed by atoms with Gasteiger partial charge in [0.15, 0.2) is 0 Å². The van der Waals surface area contributed by atoms with Gasteiger partial charge in [0.05, 0.1) is 12.2 Å². The number of carbonyl (C=O) groups excluding carboxylic acids is 2. The molecule has 0 spiro atoms. The maximum absolute atomic E-state index is 13.1. The van der Waals surface area contributed by atoms with Gasteiger partial charge >= 0.3 is 0 Å². The third-order valence-corrected chi connectivity index (χ3v) is 5.98. The molecule has 0 N–H and O–H groups in total. The van der Waals surface area contributed by atoms with Crippen LogP contribution in [0.25, 0.3) is 0 Å². The van der Waals surface area contributed by atoms with E-state index in [0.29, 0.717) is 42.5 Å². The first-order valence-electron chi connectivity index (χ1n) is 10.7. The van der Waals surface area contributed by atoms with Crippen LogP contribution in [0.5, 0.6) is 5.75 Å². The van der Waals surface area contributed by atoms with Crippen LogP contribution in [0.3, 0.4) is 0 Å². The molecule has 6 heteroatoms. The van der Waals surface area contributed by atoms with Crippen LogP contribution in [-0.4, -0.2) is 54.4 Å². The molecule has 2 amide bonds. The lowest BCUT2D eigenvalue weighted by Crippen LogP contribution is -2.39. The number of ether oxygens (including phenoxy) is 1. The monoisotopic (exact) mass is 410 g/mol. The zero-order valence-corrected chi connectivity index (χ0v) is 17.1. The second kappa shape index (κ2) is 9.28. The zero-order chi connectivity index (χ0) is 20.9. The summed E-state index contributed by atoms with van der Waals surface area (Å²) in [6.07, 6.45) is 3.80. The molecule has 4 rings (SSSR count). The van der Waals surface area contributed by atoms with Crippen molar-refractivity contribution in [1.29, 1.82) is 0 Å². The van der Waals surface area contributed by atoms with Gasteiger partial charge in [-0.2, -0.15) is 0 Å². The highest BCUT2D eigenvalue weighted by molar-refractivity contribution is 5.97. The Balaban J connectivity index is 1.30. The quantitative estimate of drug-likeness (QED) is 0.749. The molecule has 5 nitrogen and oxygen atoms in total. The van der Waals surface area contributed by atoms with E-state index in [1.807, 2.05) is 34.1 Å². The van der Waals surface area contributed by atoms with Crippen LogP contribution in [0.4, 0.5) is 4.39 Å². The van der Waals surface area contributed by atoms with Gasteiger partial charge in [-0.25, -0.2) is 4.39 Å². The zero-order valence-electron chi connectivity index (χ0n) is 17.1. The Morgan fingerprint density at radius 3 is 2.20 bits per heavy atom. The smallest absolute Gasteiger partial charge is 0.257 e. The highest BCUT2D eigenvalue weighted by atomic mass is 19.1. The van der Waals surface area contributed by atoms with Crippen molar-refractivity contribution < 1.29 is 18.7 Å². The number of likely N-dealkylation sites (tertiary alicyclic amines) is 2. The summed E-state index contributed by atoms with van der Waals surface area (Å²) >= 11 is 0. The molecule has 0 aliphatic carbocycles. The van der Waals surface area contributed by atoms with Crippen molar-refractivity contribution in [2.75, 3.05) is 32.8 Å². The largest absolute Gasteiger partial charge is 0.492 e. The fourth-order valence-electron chi connectivity index (χ4n) is 4.15. The molecule has 0 saturated carbocycles. The van der Waals surface area contributed by atoms with Gasteiger partial charge in [-0.15, -0.1) is 0 Å². The summed E-state index contributed by atoms with van der Waals surface area (Å²) in [5.74, 6) is 0.612. The maximum atomic E-state index is 13.1. The van der Waals surface area contributed by atoms with Crippen molar-refractivity contribution in [3.63, 3.8) is 0 Å². The summed E-state index contributed by atoms with van der Waals surface area (Å²) in [7, 11) is 0. The van der Waals surface area contributed by atoms with Gasteiger partial charge in [0, 0.05) is 31.7 Å². The first-order valence-corrected chi connectivity index (χ1v) is 10.7. The van der Waals surface area contributed by atoms with E-state index in [0.717, 1.165) is 38.8 Å².